The third-order valence-corrected chi connectivity index (χ3v) is 3.59. The minimum Gasteiger partial charge on any atom is -0.472 e. The van der Waals surface area contributed by atoms with Gasteiger partial charge >= 0.3 is 0 Å². The van der Waals surface area contributed by atoms with E-state index in [-0.39, 0.29) is 15.6 Å². The molecule has 110 valence electrons. The third-order valence-electron chi connectivity index (χ3n) is 2.80. The molecule has 0 aliphatic heterocycles. The molecule has 1 amide bonds. The Morgan fingerprint density at radius 2 is 2.14 bits per heavy atom. The van der Waals surface area contributed by atoms with E-state index in [1.807, 2.05) is 0 Å². The summed E-state index contributed by atoms with van der Waals surface area (Å²) in [7, 11) is 1.57. The van der Waals surface area contributed by atoms with Gasteiger partial charge in [0.05, 0.1) is 22.5 Å². The van der Waals surface area contributed by atoms with Gasteiger partial charge in [-0.15, -0.1) is 0 Å². The van der Waals surface area contributed by atoms with Gasteiger partial charge in [-0.3, -0.25) is 14.9 Å². The van der Waals surface area contributed by atoms with Crippen LogP contribution in [0.1, 0.15) is 15.9 Å². The Morgan fingerprint density at radius 3 is 2.71 bits per heavy atom. The second kappa shape index (κ2) is 6.15. The normalized spacial score (nSPS) is 10.4. The van der Waals surface area contributed by atoms with Gasteiger partial charge in [0.1, 0.15) is 5.02 Å². The van der Waals surface area contributed by atoms with Crippen LogP contribution in [0.2, 0.25) is 10.0 Å². The number of halogens is 2. The van der Waals surface area contributed by atoms with Gasteiger partial charge in [-0.2, -0.15) is 0 Å². The summed E-state index contributed by atoms with van der Waals surface area (Å²) in [4.78, 5) is 23.9. The largest absolute Gasteiger partial charge is 0.472 e. The summed E-state index contributed by atoms with van der Waals surface area (Å²) in [6.45, 7) is 0.309. The van der Waals surface area contributed by atoms with Crippen molar-refractivity contribution >= 4 is 34.8 Å². The summed E-state index contributed by atoms with van der Waals surface area (Å²) in [5, 5.41) is 10.7. The van der Waals surface area contributed by atoms with Crippen LogP contribution in [0.15, 0.2) is 35.1 Å². The fourth-order valence-electron chi connectivity index (χ4n) is 1.78. The van der Waals surface area contributed by atoms with Crippen LogP contribution in [-0.4, -0.2) is 22.8 Å². The quantitative estimate of drug-likeness (QED) is 0.632. The zero-order valence-electron chi connectivity index (χ0n) is 10.9. The molecule has 2 aromatic rings. The standard InChI is InChI=1S/C13H10Cl2N2O4/c1-16(6-8-2-3-21-7-8)13(18)9-4-10(14)12(15)11(5-9)17(19)20/h2-5,7H,6H2,1H3. The van der Waals surface area contributed by atoms with Crippen LogP contribution in [0, 0.1) is 10.1 Å². The fourth-order valence-corrected chi connectivity index (χ4v) is 2.17. The van der Waals surface area contributed by atoms with Crippen LogP contribution in [0.25, 0.3) is 0 Å². The minimum absolute atomic E-state index is 0.0362. The van der Waals surface area contributed by atoms with Crippen molar-refractivity contribution in [3.05, 3.63) is 62.0 Å². The number of carbonyl (C=O) groups excluding carboxylic acids is 1. The maximum Gasteiger partial charge on any atom is 0.290 e. The van der Waals surface area contributed by atoms with Crippen LogP contribution in [-0.2, 0) is 6.54 Å². The molecule has 0 saturated carbocycles. The zero-order valence-corrected chi connectivity index (χ0v) is 12.4. The third kappa shape index (κ3) is 3.34. The Balaban J connectivity index is 2.28. The smallest absolute Gasteiger partial charge is 0.290 e. The van der Waals surface area contributed by atoms with E-state index in [9.17, 15) is 14.9 Å². The molecule has 2 rings (SSSR count). The molecule has 21 heavy (non-hydrogen) atoms. The monoisotopic (exact) mass is 328 g/mol. The summed E-state index contributed by atoms with van der Waals surface area (Å²) in [6.07, 6.45) is 3.01. The van der Waals surface area contributed by atoms with E-state index in [2.05, 4.69) is 0 Å². The van der Waals surface area contributed by atoms with E-state index in [4.69, 9.17) is 27.6 Å². The molecule has 0 N–H and O–H groups in total. The van der Waals surface area contributed by atoms with Crippen molar-refractivity contribution in [1.29, 1.82) is 0 Å². The van der Waals surface area contributed by atoms with E-state index >= 15 is 0 Å². The van der Waals surface area contributed by atoms with Gasteiger partial charge in [0, 0.05) is 30.8 Å². The molecule has 1 aromatic heterocycles. The van der Waals surface area contributed by atoms with Gasteiger partial charge in [0.15, 0.2) is 0 Å². The molecule has 6 nitrogen and oxygen atoms in total. The molecule has 1 aromatic carbocycles. The van der Waals surface area contributed by atoms with Crippen LogP contribution in [0.5, 0.6) is 0 Å². The van der Waals surface area contributed by atoms with Gasteiger partial charge in [-0.25, -0.2) is 0 Å². The van der Waals surface area contributed by atoms with E-state index in [0.717, 1.165) is 11.6 Å². The predicted octanol–water partition coefficient (Wildman–Crippen LogP) is 3.77. The van der Waals surface area contributed by atoms with Gasteiger partial charge in [-0.1, -0.05) is 23.2 Å². The lowest BCUT2D eigenvalue weighted by Crippen LogP contribution is -2.26. The molecule has 0 bridgehead atoms. The number of nitro groups is 1. The number of rotatable bonds is 4. The van der Waals surface area contributed by atoms with Crippen molar-refractivity contribution in [2.24, 2.45) is 0 Å². The van der Waals surface area contributed by atoms with Crippen molar-refractivity contribution in [3.63, 3.8) is 0 Å². The Hall–Kier alpha value is -2.05. The van der Waals surface area contributed by atoms with Gasteiger partial charge in [0.25, 0.3) is 11.6 Å². The summed E-state index contributed by atoms with van der Waals surface area (Å²) in [5.41, 5.74) is 0.506. The lowest BCUT2D eigenvalue weighted by atomic mass is 10.1. The highest BCUT2D eigenvalue weighted by Crippen LogP contribution is 2.33. The molecule has 0 aliphatic carbocycles. The molecule has 1 heterocycles. The highest BCUT2D eigenvalue weighted by Gasteiger charge is 2.22. The van der Waals surface area contributed by atoms with E-state index in [1.165, 1.54) is 23.5 Å². The highest BCUT2D eigenvalue weighted by molar-refractivity contribution is 6.43. The Labute approximate surface area is 130 Å². The maximum absolute atomic E-state index is 12.3. The topological polar surface area (TPSA) is 76.6 Å². The lowest BCUT2D eigenvalue weighted by Gasteiger charge is -2.16. The fraction of sp³-hybridized carbons (Fsp3) is 0.154. The SMILES string of the molecule is CN(Cc1ccoc1)C(=O)c1cc(Cl)c(Cl)c([N+](=O)[O-])c1. The highest BCUT2D eigenvalue weighted by atomic mass is 35.5. The summed E-state index contributed by atoms with van der Waals surface area (Å²) >= 11 is 11.6. The average Bonchev–Trinajstić information content (AvgIpc) is 2.93. The first-order valence-corrected chi connectivity index (χ1v) is 6.55. The maximum atomic E-state index is 12.3. The number of furan rings is 1. The van der Waals surface area contributed by atoms with Crippen LogP contribution in [0.3, 0.4) is 0 Å². The summed E-state index contributed by atoms with van der Waals surface area (Å²) in [5.74, 6) is -0.405. The second-order valence-corrected chi connectivity index (χ2v) is 5.13. The van der Waals surface area contributed by atoms with Crippen LogP contribution >= 0.6 is 23.2 Å². The number of hydrogen-bond donors (Lipinski definition) is 0. The Kier molecular flexibility index (Phi) is 4.50. The number of nitro benzene ring substituents is 1. The van der Waals surface area contributed by atoms with E-state index in [0.29, 0.717) is 6.54 Å². The molecule has 0 spiro atoms. The first kappa shape index (κ1) is 15.3. The van der Waals surface area contributed by atoms with Gasteiger partial charge in [-0.05, 0) is 12.1 Å². The zero-order chi connectivity index (χ0) is 15.6. The number of hydrogen-bond acceptors (Lipinski definition) is 4. The molecule has 0 saturated heterocycles. The molecule has 0 aliphatic rings. The van der Waals surface area contributed by atoms with Crippen molar-refractivity contribution in [3.8, 4) is 0 Å². The summed E-state index contributed by atoms with van der Waals surface area (Å²) in [6, 6.07) is 4.15. The van der Waals surface area contributed by atoms with Crippen molar-refractivity contribution in [2.45, 2.75) is 6.54 Å². The van der Waals surface area contributed by atoms with Gasteiger partial charge < -0.3 is 9.32 Å². The van der Waals surface area contributed by atoms with E-state index < -0.39 is 16.5 Å². The van der Waals surface area contributed by atoms with Crippen LogP contribution in [0.4, 0.5) is 5.69 Å². The van der Waals surface area contributed by atoms with Gasteiger partial charge in [0.2, 0.25) is 0 Å². The number of nitrogens with zero attached hydrogens (tertiary/aromatic N) is 2. The van der Waals surface area contributed by atoms with Crippen LogP contribution < -0.4 is 0 Å². The molecule has 8 heteroatoms. The van der Waals surface area contributed by atoms with Crippen molar-refractivity contribution in [1.82, 2.24) is 4.90 Å². The summed E-state index contributed by atoms with van der Waals surface area (Å²) < 4.78 is 4.92. The molecular weight excluding hydrogens is 319 g/mol. The minimum atomic E-state index is -0.679. The van der Waals surface area contributed by atoms with Crippen molar-refractivity contribution < 1.29 is 14.1 Å². The average molecular weight is 329 g/mol. The lowest BCUT2D eigenvalue weighted by molar-refractivity contribution is -0.384. The Morgan fingerprint density at radius 1 is 1.43 bits per heavy atom. The predicted molar refractivity (Wildman–Crippen MR) is 77.6 cm³/mol. The molecule has 0 radical (unpaired) electrons. The molecule has 0 unspecified atom stereocenters. The molecule has 0 fully saturated rings. The molecular formula is C13H10Cl2N2O4. The number of benzene rings is 1. The molecule has 0 atom stereocenters. The first-order valence-electron chi connectivity index (χ1n) is 5.80. The first-order chi connectivity index (χ1) is 9.90. The number of amides is 1. The second-order valence-electron chi connectivity index (χ2n) is 4.34. The van der Waals surface area contributed by atoms with E-state index in [1.54, 1.807) is 13.1 Å². The van der Waals surface area contributed by atoms with Crippen molar-refractivity contribution in [2.75, 3.05) is 7.05 Å². The number of carbonyl (C=O) groups is 1. The Bertz CT molecular complexity index is 686.